The second-order valence-electron chi connectivity index (χ2n) is 4.66. The van der Waals surface area contributed by atoms with Gasteiger partial charge in [-0.2, -0.15) is 0 Å². The lowest BCUT2D eigenvalue weighted by Gasteiger charge is -2.21. The molecule has 7 heteroatoms. The average molecular weight is 317 g/mol. The fraction of sp³-hybridized carbons (Fsp3) is 0.308. The number of rotatable bonds is 4. The molecule has 108 valence electrons. The van der Waals surface area contributed by atoms with E-state index < -0.39 is 5.60 Å². The van der Waals surface area contributed by atoms with Crippen LogP contribution in [0, 0.1) is 0 Å². The van der Waals surface area contributed by atoms with Gasteiger partial charge in [0, 0.05) is 7.05 Å². The quantitative estimate of drug-likeness (QED) is 0.911. The molecule has 0 saturated heterocycles. The van der Waals surface area contributed by atoms with Crippen molar-refractivity contribution in [1.29, 1.82) is 0 Å². The molecule has 2 aromatic heterocycles. The molecule has 0 fully saturated rings. The largest absolute Gasteiger partial charge is 0.466 e. The number of hydrogen-bond acceptors (Lipinski definition) is 3. The molecule has 0 aliphatic carbocycles. The Hall–Kier alpha value is -1.43. The maximum atomic E-state index is 12.1. The number of nitrogens with one attached hydrogen (secondary N) is 1. The first-order chi connectivity index (χ1) is 9.33. The summed E-state index contributed by atoms with van der Waals surface area (Å²) in [5.74, 6) is -0.00567. The van der Waals surface area contributed by atoms with E-state index in [0.717, 1.165) is 0 Å². The molecule has 5 nitrogen and oxygen atoms in total. The number of carbonyl (C=O) groups is 1. The highest BCUT2D eigenvalue weighted by molar-refractivity contribution is 6.41. The van der Waals surface area contributed by atoms with Gasteiger partial charge in [-0.05, 0) is 25.1 Å². The van der Waals surface area contributed by atoms with E-state index in [1.165, 1.54) is 16.9 Å². The van der Waals surface area contributed by atoms with Crippen LogP contribution in [-0.4, -0.2) is 22.1 Å². The molecule has 0 aliphatic rings. The van der Waals surface area contributed by atoms with Crippen molar-refractivity contribution in [2.75, 3.05) is 6.54 Å². The van der Waals surface area contributed by atoms with E-state index >= 15 is 0 Å². The van der Waals surface area contributed by atoms with Crippen molar-refractivity contribution >= 4 is 29.1 Å². The Kier molecular flexibility index (Phi) is 4.13. The Balaban J connectivity index is 2.07. The van der Waals surface area contributed by atoms with Crippen molar-refractivity contribution in [3.63, 3.8) is 0 Å². The molecule has 1 amide bonds. The Morgan fingerprint density at radius 2 is 2.25 bits per heavy atom. The van der Waals surface area contributed by atoms with Crippen molar-refractivity contribution < 1.29 is 14.3 Å². The van der Waals surface area contributed by atoms with Crippen LogP contribution in [0.5, 0.6) is 0 Å². The van der Waals surface area contributed by atoms with Crippen LogP contribution in [-0.2, 0) is 12.6 Å². The van der Waals surface area contributed by atoms with Gasteiger partial charge >= 0.3 is 0 Å². The first-order valence-electron chi connectivity index (χ1n) is 5.88. The number of nitrogens with zero attached hydrogens (tertiary/aromatic N) is 1. The highest BCUT2D eigenvalue weighted by Gasteiger charge is 2.27. The average Bonchev–Trinajstić information content (AvgIpc) is 3.01. The van der Waals surface area contributed by atoms with Gasteiger partial charge in [-0.15, -0.1) is 0 Å². The molecule has 2 N–H and O–H groups in total. The second-order valence-corrected chi connectivity index (χ2v) is 5.43. The summed E-state index contributed by atoms with van der Waals surface area (Å²) in [7, 11) is 1.63. The lowest BCUT2D eigenvalue weighted by atomic mass is 10.0. The second kappa shape index (κ2) is 5.52. The number of hydrogen-bond donors (Lipinski definition) is 2. The van der Waals surface area contributed by atoms with Gasteiger partial charge < -0.3 is 19.4 Å². The minimum atomic E-state index is -1.29. The Labute approximate surface area is 126 Å². The van der Waals surface area contributed by atoms with Crippen LogP contribution in [0.25, 0.3) is 0 Å². The summed E-state index contributed by atoms with van der Waals surface area (Å²) < 4.78 is 6.61. The van der Waals surface area contributed by atoms with Crippen molar-refractivity contribution in [2.24, 2.45) is 7.05 Å². The van der Waals surface area contributed by atoms with Gasteiger partial charge in [-0.25, -0.2) is 0 Å². The van der Waals surface area contributed by atoms with Crippen molar-refractivity contribution in [1.82, 2.24) is 9.88 Å². The molecular weight excluding hydrogens is 303 g/mol. The maximum Gasteiger partial charge on any atom is 0.268 e. The molecule has 0 radical (unpaired) electrons. The molecule has 0 bridgehead atoms. The SMILES string of the molecule is Cn1c(C(=O)NCC(C)(O)c2ccco2)cc(Cl)c1Cl. The molecule has 2 aromatic rings. The van der Waals surface area contributed by atoms with E-state index in [9.17, 15) is 9.90 Å². The molecule has 0 aromatic carbocycles. The normalized spacial score (nSPS) is 14.1. The van der Waals surface area contributed by atoms with E-state index in [1.54, 1.807) is 26.1 Å². The Morgan fingerprint density at radius 1 is 1.55 bits per heavy atom. The fourth-order valence-electron chi connectivity index (χ4n) is 1.78. The number of aromatic nitrogens is 1. The zero-order valence-corrected chi connectivity index (χ0v) is 12.5. The van der Waals surface area contributed by atoms with Gasteiger partial charge in [0.25, 0.3) is 5.91 Å². The summed E-state index contributed by atoms with van der Waals surface area (Å²) in [4.78, 5) is 12.1. The minimum Gasteiger partial charge on any atom is -0.466 e. The summed E-state index contributed by atoms with van der Waals surface area (Å²) in [6, 6.07) is 4.78. The number of halogens is 2. The van der Waals surface area contributed by atoms with E-state index in [0.29, 0.717) is 16.5 Å². The zero-order chi connectivity index (χ0) is 14.9. The fourth-order valence-corrected chi connectivity index (χ4v) is 2.15. The highest BCUT2D eigenvalue weighted by Crippen LogP contribution is 2.25. The van der Waals surface area contributed by atoms with Gasteiger partial charge in [-0.1, -0.05) is 23.2 Å². The van der Waals surface area contributed by atoms with Gasteiger partial charge in [0.1, 0.15) is 22.2 Å². The standard InChI is InChI=1S/C13H14Cl2N2O3/c1-13(19,10-4-3-5-20-10)7-16-12(18)9-6-8(14)11(15)17(9)2/h3-6,19H,7H2,1-2H3,(H,16,18). The lowest BCUT2D eigenvalue weighted by molar-refractivity contribution is 0.0329. The van der Waals surface area contributed by atoms with Crippen molar-refractivity contribution in [3.8, 4) is 0 Å². The first kappa shape index (κ1) is 15.0. The summed E-state index contributed by atoms with van der Waals surface area (Å²) in [6.45, 7) is 1.55. The summed E-state index contributed by atoms with van der Waals surface area (Å²) >= 11 is 11.8. The van der Waals surface area contributed by atoms with E-state index in [-0.39, 0.29) is 17.6 Å². The maximum absolute atomic E-state index is 12.1. The summed E-state index contributed by atoms with van der Waals surface area (Å²) in [6.07, 6.45) is 1.46. The van der Waals surface area contributed by atoms with Crippen LogP contribution in [0.1, 0.15) is 23.2 Å². The smallest absolute Gasteiger partial charge is 0.268 e. The van der Waals surface area contributed by atoms with Crippen molar-refractivity contribution in [2.45, 2.75) is 12.5 Å². The Bertz CT molecular complexity index is 618. The van der Waals surface area contributed by atoms with E-state index in [1.807, 2.05) is 0 Å². The molecular formula is C13H14Cl2N2O3. The predicted octanol–water partition coefficient (Wildman–Crippen LogP) is 2.56. The number of aliphatic hydroxyl groups is 1. The third kappa shape index (κ3) is 2.85. The third-order valence-corrected chi connectivity index (χ3v) is 3.84. The van der Waals surface area contributed by atoms with Gasteiger partial charge in [-0.3, -0.25) is 4.79 Å². The zero-order valence-electron chi connectivity index (χ0n) is 11.0. The van der Waals surface area contributed by atoms with Gasteiger partial charge in [0.2, 0.25) is 0 Å². The monoisotopic (exact) mass is 316 g/mol. The molecule has 0 spiro atoms. The number of furan rings is 1. The molecule has 0 aliphatic heterocycles. The van der Waals surface area contributed by atoms with Crippen LogP contribution in [0.2, 0.25) is 10.2 Å². The summed E-state index contributed by atoms with van der Waals surface area (Å²) in [5.41, 5.74) is -0.979. The molecule has 1 atom stereocenters. The van der Waals surface area contributed by atoms with Crippen molar-refractivity contribution in [3.05, 3.63) is 46.1 Å². The predicted molar refractivity (Wildman–Crippen MR) is 76.0 cm³/mol. The molecule has 2 heterocycles. The van der Waals surface area contributed by atoms with Crippen LogP contribution in [0.4, 0.5) is 0 Å². The van der Waals surface area contributed by atoms with E-state index in [2.05, 4.69) is 5.32 Å². The number of amides is 1. The molecule has 0 saturated carbocycles. The third-order valence-electron chi connectivity index (χ3n) is 2.99. The Morgan fingerprint density at radius 3 is 2.75 bits per heavy atom. The molecule has 1 unspecified atom stereocenters. The summed E-state index contributed by atoms with van der Waals surface area (Å²) in [5, 5.41) is 13.4. The minimum absolute atomic E-state index is 0.000233. The van der Waals surface area contributed by atoms with Gasteiger partial charge in [0.05, 0.1) is 17.8 Å². The van der Waals surface area contributed by atoms with Crippen LogP contribution in [0.3, 0.4) is 0 Å². The van der Waals surface area contributed by atoms with Crippen LogP contribution in [0.15, 0.2) is 28.9 Å². The first-order valence-corrected chi connectivity index (χ1v) is 6.64. The molecule has 20 heavy (non-hydrogen) atoms. The van der Waals surface area contributed by atoms with Gasteiger partial charge in [0.15, 0.2) is 0 Å². The van der Waals surface area contributed by atoms with Crippen LogP contribution < -0.4 is 5.32 Å². The highest BCUT2D eigenvalue weighted by atomic mass is 35.5. The topological polar surface area (TPSA) is 67.4 Å². The van der Waals surface area contributed by atoms with Crippen LogP contribution >= 0.6 is 23.2 Å². The molecule has 2 rings (SSSR count). The number of carbonyl (C=O) groups excluding carboxylic acids is 1. The lowest BCUT2D eigenvalue weighted by Crippen LogP contribution is -2.38. The van der Waals surface area contributed by atoms with E-state index in [4.69, 9.17) is 27.6 Å².